The van der Waals surface area contributed by atoms with Crippen molar-refractivity contribution in [2.75, 3.05) is 19.4 Å². The molecule has 0 fully saturated rings. The van der Waals surface area contributed by atoms with E-state index in [-0.39, 0.29) is 0 Å². The Balaban J connectivity index is 2.92. The van der Waals surface area contributed by atoms with Gasteiger partial charge in [-0.1, -0.05) is 0 Å². The van der Waals surface area contributed by atoms with Crippen molar-refractivity contribution < 1.29 is 14.9 Å². The van der Waals surface area contributed by atoms with Gasteiger partial charge in [0.2, 0.25) is 0 Å². The summed E-state index contributed by atoms with van der Waals surface area (Å²) >= 11 is 0. The number of hydrogen-bond acceptors (Lipinski definition) is 5. The van der Waals surface area contributed by atoms with Crippen LogP contribution in [0.3, 0.4) is 0 Å². The quantitative estimate of drug-likeness (QED) is 0.530. The Hall–Kier alpha value is -1.30. The second-order valence-electron chi connectivity index (χ2n) is 3.58. The van der Waals surface area contributed by atoms with Crippen LogP contribution in [0.2, 0.25) is 0 Å². The van der Waals surface area contributed by atoms with Crippen LogP contribution in [0, 0.1) is 0 Å². The molecule has 1 aromatic rings. The average molecular weight is 226 g/mol. The van der Waals surface area contributed by atoms with Gasteiger partial charge in [-0.25, -0.2) is 0 Å². The molecule has 0 aliphatic carbocycles. The molecule has 0 spiro atoms. The lowest BCUT2D eigenvalue weighted by atomic mass is 10.0. The van der Waals surface area contributed by atoms with Gasteiger partial charge in [0.15, 0.2) is 0 Å². The van der Waals surface area contributed by atoms with E-state index in [1.54, 1.807) is 18.2 Å². The molecule has 0 saturated heterocycles. The van der Waals surface area contributed by atoms with Gasteiger partial charge >= 0.3 is 0 Å². The lowest BCUT2D eigenvalue weighted by Gasteiger charge is -2.19. The number of methoxy groups -OCH3 is 1. The molecule has 2 unspecified atom stereocenters. The molecule has 0 amide bonds. The molecule has 5 nitrogen and oxygen atoms in total. The van der Waals surface area contributed by atoms with Gasteiger partial charge in [-0.2, -0.15) is 0 Å². The number of rotatable bonds is 5. The zero-order valence-corrected chi connectivity index (χ0v) is 9.26. The standard InChI is InChI=1S/C11H18N2O3/c1-16-7-2-3-9(13)8(6-7)11(15)10(14)4-5-12/h2-3,6,10-11,14-15H,4-5,12-13H2,1H3. The highest BCUT2D eigenvalue weighted by molar-refractivity contribution is 5.51. The third kappa shape index (κ3) is 2.85. The monoisotopic (exact) mass is 226 g/mol. The Bertz CT molecular complexity index is 344. The summed E-state index contributed by atoms with van der Waals surface area (Å²) in [6.45, 7) is 0.308. The van der Waals surface area contributed by atoms with Crippen molar-refractivity contribution in [2.45, 2.75) is 18.6 Å². The third-order valence-corrected chi connectivity index (χ3v) is 2.44. The maximum atomic E-state index is 9.88. The number of nitrogen functional groups attached to an aromatic ring is 1. The second kappa shape index (κ2) is 5.69. The average Bonchev–Trinajstić information content (AvgIpc) is 2.29. The maximum absolute atomic E-state index is 9.88. The summed E-state index contributed by atoms with van der Waals surface area (Å²) in [6.07, 6.45) is -1.64. The molecule has 0 radical (unpaired) electrons. The molecule has 1 rings (SSSR count). The van der Waals surface area contributed by atoms with E-state index in [0.717, 1.165) is 0 Å². The fraction of sp³-hybridized carbons (Fsp3) is 0.455. The van der Waals surface area contributed by atoms with Crippen LogP contribution in [0.1, 0.15) is 18.1 Å². The molecular formula is C11H18N2O3. The summed E-state index contributed by atoms with van der Waals surface area (Å²) in [6, 6.07) is 4.94. The van der Waals surface area contributed by atoms with E-state index in [1.165, 1.54) is 7.11 Å². The number of hydrogen-bond donors (Lipinski definition) is 4. The molecule has 6 N–H and O–H groups in total. The fourth-order valence-electron chi connectivity index (χ4n) is 1.47. The first-order chi connectivity index (χ1) is 7.60. The molecular weight excluding hydrogens is 208 g/mol. The summed E-state index contributed by atoms with van der Waals surface area (Å²) in [7, 11) is 1.53. The molecule has 2 atom stereocenters. The van der Waals surface area contributed by atoms with E-state index in [0.29, 0.717) is 30.0 Å². The van der Waals surface area contributed by atoms with Gasteiger partial charge in [0.25, 0.3) is 0 Å². The zero-order valence-electron chi connectivity index (χ0n) is 9.26. The van der Waals surface area contributed by atoms with Gasteiger partial charge in [0.1, 0.15) is 11.9 Å². The lowest BCUT2D eigenvalue weighted by molar-refractivity contribution is 0.0153. The van der Waals surface area contributed by atoms with Gasteiger partial charge in [0.05, 0.1) is 13.2 Å². The number of anilines is 1. The van der Waals surface area contributed by atoms with Crippen LogP contribution in [0.25, 0.3) is 0 Å². The first-order valence-electron chi connectivity index (χ1n) is 5.09. The largest absolute Gasteiger partial charge is 0.497 e. The molecule has 0 aliphatic rings. The van der Waals surface area contributed by atoms with Crippen LogP contribution in [-0.4, -0.2) is 30.0 Å². The molecule has 0 aliphatic heterocycles. The van der Waals surface area contributed by atoms with Crippen molar-refractivity contribution in [3.05, 3.63) is 23.8 Å². The Kier molecular flexibility index (Phi) is 4.54. The minimum Gasteiger partial charge on any atom is -0.497 e. The topological polar surface area (TPSA) is 102 Å². The van der Waals surface area contributed by atoms with Gasteiger partial charge in [-0.3, -0.25) is 0 Å². The SMILES string of the molecule is COc1ccc(N)c(C(O)C(O)CCN)c1. The minimum absolute atomic E-state index is 0.308. The molecule has 0 saturated carbocycles. The van der Waals surface area contributed by atoms with E-state index in [4.69, 9.17) is 16.2 Å². The highest BCUT2D eigenvalue weighted by Crippen LogP contribution is 2.28. The summed E-state index contributed by atoms with van der Waals surface area (Å²) in [5.74, 6) is 0.586. The minimum atomic E-state index is -1.04. The summed E-state index contributed by atoms with van der Waals surface area (Å²) in [5, 5.41) is 19.5. The van der Waals surface area contributed by atoms with Crippen molar-refractivity contribution in [3.63, 3.8) is 0 Å². The van der Waals surface area contributed by atoms with Crippen LogP contribution < -0.4 is 16.2 Å². The zero-order chi connectivity index (χ0) is 12.1. The first-order valence-corrected chi connectivity index (χ1v) is 5.09. The molecule has 0 bridgehead atoms. The molecule has 5 heteroatoms. The molecule has 0 heterocycles. The van der Waals surface area contributed by atoms with Crippen LogP contribution in [0.5, 0.6) is 5.75 Å². The molecule has 1 aromatic carbocycles. The van der Waals surface area contributed by atoms with E-state index in [9.17, 15) is 10.2 Å². The highest BCUT2D eigenvalue weighted by Gasteiger charge is 2.20. The highest BCUT2D eigenvalue weighted by atomic mass is 16.5. The van der Waals surface area contributed by atoms with Gasteiger partial charge < -0.3 is 26.4 Å². The van der Waals surface area contributed by atoms with Crippen molar-refractivity contribution >= 4 is 5.69 Å². The Morgan fingerprint density at radius 2 is 2.06 bits per heavy atom. The summed E-state index contributed by atoms with van der Waals surface area (Å²) in [5.41, 5.74) is 11.9. The van der Waals surface area contributed by atoms with E-state index in [1.807, 2.05) is 0 Å². The number of nitrogens with two attached hydrogens (primary N) is 2. The number of aliphatic hydroxyl groups excluding tert-OH is 2. The summed E-state index contributed by atoms with van der Waals surface area (Å²) < 4.78 is 5.03. The lowest BCUT2D eigenvalue weighted by Crippen LogP contribution is -2.22. The molecule has 16 heavy (non-hydrogen) atoms. The van der Waals surface area contributed by atoms with Crippen molar-refractivity contribution in [2.24, 2.45) is 5.73 Å². The number of aliphatic hydroxyl groups is 2. The van der Waals surface area contributed by atoms with Crippen molar-refractivity contribution in [1.82, 2.24) is 0 Å². The van der Waals surface area contributed by atoms with E-state index < -0.39 is 12.2 Å². The number of benzene rings is 1. The fourth-order valence-corrected chi connectivity index (χ4v) is 1.47. The first kappa shape index (κ1) is 12.8. The Morgan fingerprint density at radius 1 is 1.38 bits per heavy atom. The molecule has 0 aromatic heterocycles. The van der Waals surface area contributed by atoms with Gasteiger partial charge in [0, 0.05) is 11.3 Å². The van der Waals surface area contributed by atoms with E-state index >= 15 is 0 Å². The normalized spacial score (nSPS) is 14.5. The number of ether oxygens (including phenoxy) is 1. The van der Waals surface area contributed by atoms with E-state index in [2.05, 4.69) is 0 Å². The van der Waals surface area contributed by atoms with Crippen LogP contribution in [-0.2, 0) is 0 Å². The van der Waals surface area contributed by atoms with Crippen LogP contribution >= 0.6 is 0 Å². The van der Waals surface area contributed by atoms with Crippen molar-refractivity contribution in [1.29, 1.82) is 0 Å². The maximum Gasteiger partial charge on any atom is 0.119 e. The predicted octanol–water partition coefficient (Wildman–Crippen LogP) is 0.0205. The molecule has 90 valence electrons. The van der Waals surface area contributed by atoms with Gasteiger partial charge in [-0.15, -0.1) is 0 Å². The van der Waals surface area contributed by atoms with Crippen molar-refractivity contribution in [3.8, 4) is 5.75 Å². The van der Waals surface area contributed by atoms with Crippen LogP contribution in [0.4, 0.5) is 5.69 Å². The smallest absolute Gasteiger partial charge is 0.119 e. The van der Waals surface area contributed by atoms with Gasteiger partial charge in [-0.05, 0) is 31.2 Å². The second-order valence-corrected chi connectivity index (χ2v) is 3.58. The van der Waals surface area contributed by atoms with Crippen LogP contribution in [0.15, 0.2) is 18.2 Å². The Morgan fingerprint density at radius 3 is 2.62 bits per heavy atom. The Labute approximate surface area is 94.6 Å². The third-order valence-electron chi connectivity index (χ3n) is 2.44. The predicted molar refractivity (Wildman–Crippen MR) is 62.0 cm³/mol. The summed E-state index contributed by atoms with van der Waals surface area (Å²) in [4.78, 5) is 0.